The van der Waals surface area contributed by atoms with E-state index in [1.54, 1.807) is 0 Å². The monoisotopic (exact) mass is 184 g/mol. The number of hydrogen-bond acceptors (Lipinski definition) is 0. The summed E-state index contributed by atoms with van der Waals surface area (Å²) in [5.74, 6) is 0. The predicted octanol–water partition coefficient (Wildman–Crippen LogP) is 4.03. The largest absolute Gasteiger partial charge is 0.0584 e. The van der Waals surface area contributed by atoms with Gasteiger partial charge in [0.25, 0.3) is 0 Å². The fraction of sp³-hybridized carbons (Fsp3) is 0.286. The summed E-state index contributed by atoms with van der Waals surface area (Å²) in [6, 6.07) is 9.01. The van der Waals surface area contributed by atoms with Crippen LogP contribution in [-0.4, -0.2) is 0 Å². The molecule has 2 aliphatic carbocycles. The van der Waals surface area contributed by atoms with Crippen LogP contribution in [0.4, 0.5) is 0 Å². The van der Waals surface area contributed by atoms with Crippen molar-refractivity contribution >= 4 is 0 Å². The summed E-state index contributed by atoms with van der Waals surface area (Å²) in [5, 5.41) is 0. The highest BCUT2D eigenvalue weighted by molar-refractivity contribution is 5.73. The third kappa shape index (κ3) is 1.31. The van der Waals surface area contributed by atoms with Crippen molar-refractivity contribution in [1.82, 2.24) is 0 Å². The zero-order valence-corrected chi connectivity index (χ0v) is 9.31. The Morgan fingerprint density at radius 1 is 0.714 bits per heavy atom. The molecule has 0 aromatic heterocycles. The number of hydrogen-bond donors (Lipinski definition) is 0. The molecule has 72 valence electrons. The van der Waals surface area contributed by atoms with Gasteiger partial charge in [0.1, 0.15) is 0 Å². The first kappa shape index (κ1) is 9.26. The molecule has 0 amide bonds. The Morgan fingerprint density at radius 2 is 1.36 bits per heavy atom. The molecule has 2 rings (SSSR count). The number of rotatable bonds is 0. The minimum Gasteiger partial charge on any atom is -0.0584 e. The second-order valence-corrected chi connectivity index (χ2v) is 4.17. The van der Waals surface area contributed by atoms with Gasteiger partial charge in [-0.1, -0.05) is 24.3 Å². The van der Waals surface area contributed by atoms with E-state index >= 15 is 0 Å². The van der Waals surface area contributed by atoms with Gasteiger partial charge < -0.3 is 0 Å². The molecule has 2 aliphatic rings. The van der Waals surface area contributed by atoms with Crippen LogP contribution in [0.15, 0.2) is 24.3 Å². The van der Waals surface area contributed by atoms with Gasteiger partial charge >= 0.3 is 0 Å². The van der Waals surface area contributed by atoms with Gasteiger partial charge in [0.15, 0.2) is 0 Å². The Bertz CT molecular complexity index is 452. The summed E-state index contributed by atoms with van der Waals surface area (Å²) in [6.45, 7) is 8.71. The molecule has 0 nitrogen and oxygen atoms in total. The van der Waals surface area contributed by atoms with Crippen LogP contribution < -0.4 is 0 Å². The second kappa shape index (κ2) is 3.13. The first-order chi connectivity index (χ1) is 6.59. The van der Waals surface area contributed by atoms with E-state index in [9.17, 15) is 0 Å². The summed E-state index contributed by atoms with van der Waals surface area (Å²) in [5.41, 5.74) is 8.28. The van der Waals surface area contributed by atoms with Crippen LogP contribution >= 0.6 is 0 Å². The van der Waals surface area contributed by atoms with E-state index in [0.717, 1.165) is 0 Å². The molecular formula is C14H16. The molecule has 0 bridgehead atoms. The molecule has 0 saturated heterocycles. The average molecular weight is 184 g/mol. The minimum absolute atomic E-state index is 1.36. The second-order valence-electron chi connectivity index (χ2n) is 4.17. The highest BCUT2D eigenvalue weighted by atomic mass is 14.1. The van der Waals surface area contributed by atoms with Crippen LogP contribution in [0.2, 0.25) is 0 Å². The quantitative estimate of drug-likeness (QED) is 0.580. The molecule has 0 radical (unpaired) electrons. The van der Waals surface area contributed by atoms with Crippen molar-refractivity contribution in [3.05, 3.63) is 46.5 Å². The van der Waals surface area contributed by atoms with Crippen LogP contribution in [0, 0.1) is 27.7 Å². The smallest absolute Gasteiger partial charge is 0.0152 e. The van der Waals surface area contributed by atoms with Gasteiger partial charge in [-0.2, -0.15) is 0 Å². The summed E-state index contributed by atoms with van der Waals surface area (Å²) < 4.78 is 0. The van der Waals surface area contributed by atoms with Gasteiger partial charge in [0, 0.05) is 0 Å². The molecule has 0 heterocycles. The maximum Gasteiger partial charge on any atom is -0.0152 e. The first-order valence-electron chi connectivity index (χ1n) is 5.07. The fourth-order valence-electron chi connectivity index (χ4n) is 1.88. The van der Waals surface area contributed by atoms with Crippen LogP contribution in [0.25, 0.3) is 11.1 Å². The van der Waals surface area contributed by atoms with E-state index in [2.05, 4.69) is 52.0 Å². The maximum absolute atomic E-state index is 2.28. The summed E-state index contributed by atoms with van der Waals surface area (Å²) in [4.78, 5) is 0. The van der Waals surface area contributed by atoms with Crippen molar-refractivity contribution in [1.29, 1.82) is 0 Å². The highest BCUT2D eigenvalue weighted by Crippen LogP contribution is 2.31. The van der Waals surface area contributed by atoms with Crippen molar-refractivity contribution in [3.63, 3.8) is 0 Å². The molecule has 0 unspecified atom stereocenters. The zero-order valence-electron chi connectivity index (χ0n) is 9.31. The van der Waals surface area contributed by atoms with E-state index in [1.165, 1.54) is 33.4 Å². The lowest BCUT2D eigenvalue weighted by molar-refractivity contribution is 1.37. The van der Waals surface area contributed by atoms with Gasteiger partial charge in [0.2, 0.25) is 0 Å². The Hall–Kier alpha value is -1.30. The molecule has 14 heavy (non-hydrogen) atoms. The number of aryl methyl sites for hydroxylation is 3. The lowest BCUT2D eigenvalue weighted by Gasteiger charge is -1.93. The average Bonchev–Trinajstić information content (AvgIpc) is 2.30. The molecule has 0 aliphatic heterocycles. The molecule has 0 saturated carbocycles. The molecule has 0 heteroatoms. The van der Waals surface area contributed by atoms with Crippen LogP contribution in [-0.2, 0) is 0 Å². The van der Waals surface area contributed by atoms with E-state index in [4.69, 9.17) is 0 Å². The summed E-state index contributed by atoms with van der Waals surface area (Å²) >= 11 is 0. The molecule has 0 fully saturated rings. The Kier molecular flexibility index (Phi) is 2.07. The lowest BCUT2D eigenvalue weighted by Crippen LogP contribution is -1.71. The summed E-state index contributed by atoms with van der Waals surface area (Å²) in [7, 11) is 0. The normalized spacial score (nSPS) is 10.9. The molecule has 0 spiro atoms. The van der Waals surface area contributed by atoms with Gasteiger partial charge in [-0.3, -0.25) is 0 Å². The minimum atomic E-state index is 1.36. The molecule has 0 atom stereocenters. The first-order valence-corrected chi connectivity index (χ1v) is 5.07. The standard InChI is InChI=1S/C14H16/c1-9-5-6-14-12(4)11(3)8-13(14)7-10(9)2/h5-8H,1-4H3. The predicted molar refractivity (Wildman–Crippen MR) is 62.0 cm³/mol. The fourth-order valence-corrected chi connectivity index (χ4v) is 1.88. The van der Waals surface area contributed by atoms with Crippen LogP contribution in [0.1, 0.15) is 22.3 Å². The molecule has 0 aromatic carbocycles. The molecule has 0 aromatic rings. The van der Waals surface area contributed by atoms with Crippen LogP contribution in [0.3, 0.4) is 0 Å². The highest BCUT2D eigenvalue weighted by Gasteiger charge is 2.08. The third-order valence-electron chi connectivity index (χ3n) is 3.17. The van der Waals surface area contributed by atoms with Crippen molar-refractivity contribution in [2.24, 2.45) is 0 Å². The van der Waals surface area contributed by atoms with Crippen LogP contribution in [0.5, 0.6) is 0 Å². The van der Waals surface area contributed by atoms with Crippen molar-refractivity contribution in [3.8, 4) is 11.1 Å². The van der Waals surface area contributed by atoms with E-state index in [0.29, 0.717) is 0 Å². The van der Waals surface area contributed by atoms with Crippen molar-refractivity contribution < 1.29 is 0 Å². The van der Waals surface area contributed by atoms with Gasteiger partial charge in [-0.05, 0) is 61.1 Å². The lowest BCUT2D eigenvalue weighted by atomic mass is 10.1. The van der Waals surface area contributed by atoms with Crippen molar-refractivity contribution in [2.75, 3.05) is 0 Å². The van der Waals surface area contributed by atoms with Crippen molar-refractivity contribution in [2.45, 2.75) is 27.7 Å². The van der Waals surface area contributed by atoms with E-state index in [-0.39, 0.29) is 0 Å². The Labute approximate surface area is 85.9 Å². The molecule has 0 N–H and O–H groups in total. The maximum atomic E-state index is 2.28. The summed E-state index contributed by atoms with van der Waals surface area (Å²) in [6.07, 6.45) is 0. The topological polar surface area (TPSA) is 0 Å². The Balaban J connectivity index is 2.80. The third-order valence-corrected chi connectivity index (χ3v) is 3.17. The van der Waals surface area contributed by atoms with Gasteiger partial charge in [-0.15, -0.1) is 0 Å². The Morgan fingerprint density at radius 3 is 2.07 bits per heavy atom. The molecular weight excluding hydrogens is 168 g/mol. The van der Waals surface area contributed by atoms with E-state index in [1.807, 2.05) is 0 Å². The van der Waals surface area contributed by atoms with Gasteiger partial charge in [0.05, 0.1) is 0 Å². The van der Waals surface area contributed by atoms with E-state index < -0.39 is 0 Å². The zero-order chi connectivity index (χ0) is 10.3. The SMILES string of the molecule is Cc1ccc2c(C)c(C)cc-2cc1C. The van der Waals surface area contributed by atoms with Gasteiger partial charge in [-0.25, -0.2) is 0 Å². The number of fused-ring (bicyclic) bond motifs is 1.